The number of nitriles is 1. The van der Waals surface area contributed by atoms with E-state index in [1.807, 2.05) is 36.9 Å². The zero-order chi connectivity index (χ0) is 19.5. The van der Waals surface area contributed by atoms with Gasteiger partial charge in [-0.3, -0.25) is 9.78 Å². The molecular formula is C21H24N4O2. The third-order valence-electron chi connectivity index (χ3n) is 3.94. The largest absolute Gasteiger partial charge is 0.494 e. The second-order valence-electron chi connectivity index (χ2n) is 5.80. The summed E-state index contributed by atoms with van der Waals surface area (Å²) in [6.45, 7) is 5.89. The Hall–Kier alpha value is -3.33. The Bertz CT molecular complexity index is 795. The SMILES string of the molecule is CCOc1ccc(NC(=O)/C(C#N)=C\N(CC)CCc2ccncc2)cc1. The Kier molecular flexibility index (Phi) is 7.86. The van der Waals surface area contributed by atoms with Gasteiger partial charge in [-0.05, 0) is 62.2 Å². The summed E-state index contributed by atoms with van der Waals surface area (Å²) in [5.41, 5.74) is 1.85. The molecule has 0 unspecified atom stereocenters. The van der Waals surface area contributed by atoms with Gasteiger partial charge in [-0.15, -0.1) is 0 Å². The number of carbonyl (C=O) groups is 1. The molecule has 1 amide bonds. The van der Waals surface area contributed by atoms with E-state index in [2.05, 4.69) is 10.3 Å². The quantitative estimate of drug-likeness (QED) is 0.545. The number of hydrogen-bond acceptors (Lipinski definition) is 5. The number of aromatic nitrogens is 1. The first-order chi connectivity index (χ1) is 13.2. The fraction of sp³-hybridized carbons (Fsp3) is 0.286. The number of anilines is 1. The predicted molar refractivity (Wildman–Crippen MR) is 105 cm³/mol. The maximum absolute atomic E-state index is 12.4. The average molecular weight is 364 g/mol. The molecule has 0 aliphatic carbocycles. The minimum Gasteiger partial charge on any atom is -0.494 e. The van der Waals surface area contributed by atoms with Gasteiger partial charge in [0.2, 0.25) is 0 Å². The summed E-state index contributed by atoms with van der Waals surface area (Å²) in [4.78, 5) is 18.4. The van der Waals surface area contributed by atoms with E-state index in [4.69, 9.17) is 4.74 Å². The van der Waals surface area contributed by atoms with Crippen molar-refractivity contribution in [3.63, 3.8) is 0 Å². The van der Waals surface area contributed by atoms with Crippen molar-refractivity contribution in [2.24, 2.45) is 0 Å². The fourth-order valence-corrected chi connectivity index (χ4v) is 2.46. The lowest BCUT2D eigenvalue weighted by Crippen LogP contribution is -2.23. The Morgan fingerprint density at radius 2 is 1.93 bits per heavy atom. The van der Waals surface area contributed by atoms with E-state index in [0.29, 0.717) is 25.4 Å². The summed E-state index contributed by atoms with van der Waals surface area (Å²) in [5, 5.41) is 12.1. The Morgan fingerprint density at radius 1 is 1.22 bits per heavy atom. The second-order valence-corrected chi connectivity index (χ2v) is 5.80. The van der Waals surface area contributed by atoms with Gasteiger partial charge in [0.15, 0.2) is 0 Å². The maximum atomic E-state index is 12.4. The standard InChI is InChI=1S/C21H24N4O2/c1-3-25(14-11-17-9-12-23-13-10-17)16-18(15-22)21(26)24-19-5-7-20(8-6-19)27-4-2/h5-10,12-13,16H,3-4,11,14H2,1-2H3,(H,24,26)/b18-16-. The highest BCUT2D eigenvalue weighted by atomic mass is 16.5. The molecular weight excluding hydrogens is 340 g/mol. The molecule has 1 aromatic carbocycles. The van der Waals surface area contributed by atoms with Crippen LogP contribution in [0.15, 0.2) is 60.6 Å². The number of amides is 1. The second kappa shape index (κ2) is 10.6. The van der Waals surface area contributed by atoms with Crippen LogP contribution in [0.2, 0.25) is 0 Å². The molecule has 6 nitrogen and oxygen atoms in total. The molecule has 0 bridgehead atoms. The van der Waals surface area contributed by atoms with E-state index in [-0.39, 0.29) is 5.57 Å². The van der Waals surface area contributed by atoms with E-state index in [1.54, 1.807) is 42.9 Å². The molecule has 0 atom stereocenters. The number of nitrogens with one attached hydrogen (secondary N) is 1. The van der Waals surface area contributed by atoms with Gasteiger partial charge < -0.3 is 15.0 Å². The molecule has 1 aromatic heterocycles. The highest BCUT2D eigenvalue weighted by Crippen LogP contribution is 2.16. The van der Waals surface area contributed by atoms with Crippen LogP contribution >= 0.6 is 0 Å². The summed E-state index contributed by atoms with van der Waals surface area (Å²) < 4.78 is 5.38. The van der Waals surface area contributed by atoms with Gasteiger partial charge in [-0.1, -0.05) is 0 Å². The van der Waals surface area contributed by atoms with Crippen LogP contribution in [0, 0.1) is 11.3 Å². The number of nitrogens with zero attached hydrogens (tertiary/aromatic N) is 3. The molecule has 1 heterocycles. The third kappa shape index (κ3) is 6.48. The van der Waals surface area contributed by atoms with E-state index in [0.717, 1.165) is 17.7 Å². The van der Waals surface area contributed by atoms with Gasteiger partial charge in [0.25, 0.3) is 5.91 Å². The summed E-state index contributed by atoms with van der Waals surface area (Å²) in [5.74, 6) is 0.309. The van der Waals surface area contributed by atoms with Gasteiger partial charge >= 0.3 is 0 Å². The van der Waals surface area contributed by atoms with Crippen molar-refractivity contribution in [3.05, 3.63) is 66.1 Å². The van der Waals surface area contributed by atoms with Crippen molar-refractivity contribution < 1.29 is 9.53 Å². The molecule has 0 spiro atoms. The molecule has 0 fully saturated rings. The van der Waals surface area contributed by atoms with Gasteiger partial charge in [0, 0.05) is 37.4 Å². The summed E-state index contributed by atoms with van der Waals surface area (Å²) in [7, 11) is 0. The molecule has 27 heavy (non-hydrogen) atoms. The number of ether oxygens (including phenoxy) is 1. The Morgan fingerprint density at radius 3 is 2.52 bits per heavy atom. The number of benzene rings is 1. The molecule has 0 radical (unpaired) electrons. The van der Waals surface area contributed by atoms with Crippen molar-refractivity contribution in [1.29, 1.82) is 5.26 Å². The van der Waals surface area contributed by atoms with Crippen LogP contribution in [0.4, 0.5) is 5.69 Å². The molecule has 0 saturated heterocycles. The van der Waals surface area contributed by atoms with Gasteiger partial charge in [0.05, 0.1) is 6.61 Å². The lowest BCUT2D eigenvalue weighted by Gasteiger charge is -2.18. The molecule has 140 valence electrons. The van der Waals surface area contributed by atoms with Crippen LogP contribution in [-0.2, 0) is 11.2 Å². The van der Waals surface area contributed by atoms with E-state index >= 15 is 0 Å². The first-order valence-corrected chi connectivity index (χ1v) is 8.95. The monoisotopic (exact) mass is 364 g/mol. The molecule has 2 rings (SSSR count). The van der Waals surface area contributed by atoms with Gasteiger partial charge in [-0.2, -0.15) is 5.26 Å². The molecule has 0 aliphatic rings. The van der Waals surface area contributed by atoms with Crippen LogP contribution in [0.1, 0.15) is 19.4 Å². The summed E-state index contributed by atoms with van der Waals surface area (Å²) in [6.07, 6.45) is 5.94. The highest BCUT2D eigenvalue weighted by molar-refractivity contribution is 6.06. The molecule has 0 aliphatic heterocycles. The van der Waals surface area contributed by atoms with Crippen LogP contribution in [0.3, 0.4) is 0 Å². The van der Waals surface area contributed by atoms with E-state index < -0.39 is 5.91 Å². The number of hydrogen-bond donors (Lipinski definition) is 1. The zero-order valence-corrected chi connectivity index (χ0v) is 15.7. The maximum Gasteiger partial charge on any atom is 0.267 e. The van der Waals surface area contributed by atoms with Gasteiger partial charge in [0.1, 0.15) is 17.4 Å². The predicted octanol–water partition coefficient (Wildman–Crippen LogP) is 3.39. The van der Waals surface area contributed by atoms with Crippen molar-refractivity contribution in [2.75, 3.05) is 25.0 Å². The number of pyridine rings is 1. The fourth-order valence-electron chi connectivity index (χ4n) is 2.46. The smallest absolute Gasteiger partial charge is 0.267 e. The first kappa shape index (κ1) is 20.0. The topological polar surface area (TPSA) is 78.2 Å². The minimum absolute atomic E-state index is 0.0699. The zero-order valence-electron chi connectivity index (χ0n) is 15.7. The van der Waals surface area contributed by atoms with Crippen LogP contribution in [-0.4, -0.2) is 35.5 Å². The van der Waals surface area contributed by atoms with Gasteiger partial charge in [-0.25, -0.2) is 0 Å². The van der Waals surface area contributed by atoms with Crippen molar-refractivity contribution >= 4 is 11.6 Å². The average Bonchev–Trinajstić information content (AvgIpc) is 2.70. The Balaban J connectivity index is 1.99. The molecule has 0 saturated carbocycles. The first-order valence-electron chi connectivity index (χ1n) is 8.95. The van der Waals surface area contributed by atoms with Crippen LogP contribution in [0.5, 0.6) is 5.75 Å². The van der Waals surface area contributed by atoms with Crippen LogP contribution < -0.4 is 10.1 Å². The van der Waals surface area contributed by atoms with E-state index in [9.17, 15) is 10.1 Å². The van der Waals surface area contributed by atoms with Crippen molar-refractivity contribution in [2.45, 2.75) is 20.3 Å². The van der Waals surface area contributed by atoms with Crippen molar-refractivity contribution in [1.82, 2.24) is 9.88 Å². The van der Waals surface area contributed by atoms with E-state index in [1.165, 1.54) is 0 Å². The molecule has 1 N–H and O–H groups in total. The normalized spacial score (nSPS) is 10.8. The molecule has 6 heteroatoms. The number of likely N-dealkylation sites (N-methyl/N-ethyl adjacent to an activating group) is 1. The summed E-state index contributed by atoms with van der Waals surface area (Å²) in [6, 6.07) is 13.0. The third-order valence-corrected chi connectivity index (χ3v) is 3.94. The lowest BCUT2D eigenvalue weighted by molar-refractivity contribution is -0.112. The van der Waals surface area contributed by atoms with Crippen molar-refractivity contribution in [3.8, 4) is 11.8 Å². The Labute approximate surface area is 160 Å². The molecule has 2 aromatic rings. The minimum atomic E-state index is -0.427. The summed E-state index contributed by atoms with van der Waals surface area (Å²) >= 11 is 0. The lowest BCUT2D eigenvalue weighted by atomic mass is 10.2. The number of carbonyl (C=O) groups excluding carboxylic acids is 1. The number of rotatable bonds is 9. The van der Waals surface area contributed by atoms with Crippen LogP contribution in [0.25, 0.3) is 0 Å². The highest BCUT2D eigenvalue weighted by Gasteiger charge is 2.11.